The summed E-state index contributed by atoms with van der Waals surface area (Å²) < 4.78 is 6.72. The molecule has 1 fully saturated rings. The van der Waals surface area contributed by atoms with Gasteiger partial charge >= 0.3 is 0 Å². The minimum atomic E-state index is -0.285. The van der Waals surface area contributed by atoms with Gasteiger partial charge in [-0.15, -0.1) is 10.2 Å². The van der Waals surface area contributed by atoms with Crippen LogP contribution in [-0.4, -0.2) is 39.2 Å². The van der Waals surface area contributed by atoms with Gasteiger partial charge in [-0.1, -0.05) is 23.9 Å². The SMILES string of the molecule is COc1ccccc1-c1nnc(SC(C)C(=O)NC2CC2)n1N. The van der Waals surface area contributed by atoms with Crippen molar-refractivity contribution in [3.8, 4) is 17.1 Å². The van der Waals surface area contributed by atoms with Crippen molar-refractivity contribution >= 4 is 17.7 Å². The van der Waals surface area contributed by atoms with Gasteiger partial charge in [0.25, 0.3) is 0 Å². The van der Waals surface area contributed by atoms with Gasteiger partial charge < -0.3 is 15.9 Å². The lowest BCUT2D eigenvalue weighted by Gasteiger charge is -2.11. The first-order valence-electron chi connectivity index (χ1n) is 7.41. The van der Waals surface area contributed by atoms with Crippen LogP contribution in [0.15, 0.2) is 29.4 Å². The molecule has 1 saturated carbocycles. The third kappa shape index (κ3) is 3.42. The van der Waals surface area contributed by atoms with Crippen LogP contribution >= 0.6 is 11.8 Å². The lowest BCUT2D eigenvalue weighted by Crippen LogP contribution is -2.32. The van der Waals surface area contributed by atoms with Crippen molar-refractivity contribution in [1.82, 2.24) is 20.2 Å². The van der Waals surface area contributed by atoms with Gasteiger partial charge in [0.05, 0.1) is 17.9 Å². The maximum atomic E-state index is 12.0. The van der Waals surface area contributed by atoms with Gasteiger partial charge in [-0.25, -0.2) is 4.68 Å². The van der Waals surface area contributed by atoms with E-state index in [2.05, 4.69) is 15.5 Å². The molecule has 2 aromatic rings. The highest BCUT2D eigenvalue weighted by Gasteiger charge is 2.27. The molecule has 0 bridgehead atoms. The fourth-order valence-electron chi connectivity index (χ4n) is 2.13. The van der Waals surface area contributed by atoms with Gasteiger partial charge in [0.2, 0.25) is 11.1 Å². The van der Waals surface area contributed by atoms with E-state index >= 15 is 0 Å². The van der Waals surface area contributed by atoms with Crippen molar-refractivity contribution in [2.45, 2.75) is 36.2 Å². The quantitative estimate of drug-likeness (QED) is 0.613. The number of nitrogen functional groups attached to an aromatic ring is 1. The minimum Gasteiger partial charge on any atom is -0.496 e. The van der Waals surface area contributed by atoms with Crippen molar-refractivity contribution in [2.24, 2.45) is 0 Å². The van der Waals surface area contributed by atoms with Crippen molar-refractivity contribution in [3.63, 3.8) is 0 Å². The summed E-state index contributed by atoms with van der Waals surface area (Å²) >= 11 is 1.29. The molecule has 0 spiro atoms. The molecule has 3 N–H and O–H groups in total. The van der Waals surface area contributed by atoms with Gasteiger partial charge in [-0.3, -0.25) is 4.79 Å². The van der Waals surface area contributed by atoms with Crippen molar-refractivity contribution in [2.75, 3.05) is 13.0 Å². The number of thioether (sulfide) groups is 1. The zero-order valence-corrected chi connectivity index (χ0v) is 13.8. The van der Waals surface area contributed by atoms with Crippen LogP contribution in [0.25, 0.3) is 11.4 Å². The summed E-state index contributed by atoms with van der Waals surface area (Å²) in [6, 6.07) is 7.79. The average molecular weight is 333 g/mol. The zero-order chi connectivity index (χ0) is 16.4. The van der Waals surface area contributed by atoms with Crippen molar-refractivity contribution < 1.29 is 9.53 Å². The minimum absolute atomic E-state index is 0.000610. The van der Waals surface area contributed by atoms with Crippen LogP contribution < -0.4 is 15.9 Å². The second kappa shape index (κ2) is 6.49. The lowest BCUT2D eigenvalue weighted by atomic mass is 10.2. The molecule has 23 heavy (non-hydrogen) atoms. The molecule has 8 heteroatoms. The molecule has 1 unspecified atom stereocenters. The van der Waals surface area contributed by atoms with Gasteiger partial charge in [0, 0.05) is 6.04 Å². The van der Waals surface area contributed by atoms with E-state index < -0.39 is 0 Å². The molecule has 122 valence electrons. The first-order valence-corrected chi connectivity index (χ1v) is 8.29. The second-order valence-electron chi connectivity index (χ2n) is 5.42. The molecular formula is C15H19N5O2S. The third-order valence-electron chi connectivity index (χ3n) is 3.59. The molecule has 0 aliphatic heterocycles. The molecular weight excluding hydrogens is 314 g/mol. The number of carbonyl (C=O) groups excluding carboxylic acids is 1. The molecule has 1 heterocycles. The van der Waals surface area contributed by atoms with E-state index in [1.54, 1.807) is 7.11 Å². The standard InChI is InChI=1S/C15H19N5O2S/c1-9(14(21)17-10-7-8-10)23-15-19-18-13(20(15)16)11-5-3-4-6-12(11)22-2/h3-6,9-10H,7-8,16H2,1-2H3,(H,17,21). The maximum absolute atomic E-state index is 12.0. The molecule has 1 aromatic heterocycles. The predicted octanol–water partition coefficient (Wildman–Crippen LogP) is 1.43. The van der Waals surface area contributed by atoms with Gasteiger partial charge in [-0.05, 0) is 31.9 Å². The smallest absolute Gasteiger partial charge is 0.233 e. The van der Waals surface area contributed by atoms with E-state index in [1.807, 2.05) is 31.2 Å². The number of hydrogen-bond donors (Lipinski definition) is 2. The number of ether oxygens (including phenoxy) is 1. The number of hydrogen-bond acceptors (Lipinski definition) is 6. The summed E-state index contributed by atoms with van der Waals surface area (Å²) in [7, 11) is 1.59. The summed E-state index contributed by atoms with van der Waals surface area (Å²) in [4.78, 5) is 12.0. The van der Waals surface area contributed by atoms with E-state index in [0.29, 0.717) is 22.8 Å². The number of aromatic nitrogens is 3. The highest BCUT2D eigenvalue weighted by Crippen LogP contribution is 2.30. The Kier molecular flexibility index (Phi) is 4.42. The number of nitrogens with one attached hydrogen (secondary N) is 1. The number of methoxy groups -OCH3 is 1. The van der Waals surface area contributed by atoms with Crippen LogP contribution in [0.4, 0.5) is 0 Å². The number of para-hydroxylation sites is 1. The third-order valence-corrected chi connectivity index (χ3v) is 4.64. The number of amides is 1. The van der Waals surface area contributed by atoms with E-state index in [0.717, 1.165) is 18.4 Å². The molecule has 0 saturated heterocycles. The summed E-state index contributed by atoms with van der Waals surface area (Å²) in [6.07, 6.45) is 2.13. The Balaban J connectivity index is 1.77. The van der Waals surface area contributed by atoms with Crippen LogP contribution in [0, 0.1) is 0 Å². The number of rotatable bonds is 6. The van der Waals surface area contributed by atoms with Crippen LogP contribution in [0.2, 0.25) is 0 Å². The number of nitrogens with zero attached hydrogens (tertiary/aromatic N) is 3. The van der Waals surface area contributed by atoms with E-state index in [9.17, 15) is 4.79 Å². The Bertz CT molecular complexity index is 714. The van der Waals surface area contributed by atoms with Crippen LogP contribution in [0.5, 0.6) is 5.75 Å². The molecule has 1 aliphatic rings. The van der Waals surface area contributed by atoms with Crippen LogP contribution in [-0.2, 0) is 4.79 Å². The Morgan fingerprint density at radius 1 is 1.43 bits per heavy atom. The number of nitrogens with two attached hydrogens (primary N) is 1. The second-order valence-corrected chi connectivity index (χ2v) is 6.73. The monoisotopic (exact) mass is 333 g/mol. The van der Waals surface area contributed by atoms with Crippen LogP contribution in [0.1, 0.15) is 19.8 Å². The zero-order valence-electron chi connectivity index (χ0n) is 13.0. The molecule has 1 aliphatic carbocycles. The van der Waals surface area contributed by atoms with Gasteiger partial charge in [0.1, 0.15) is 5.75 Å². The normalized spacial score (nSPS) is 15.2. The predicted molar refractivity (Wildman–Crippen MR) is 88.6 cm³/mol. The Hall–Kier alpha value is -2.22. The lowest BCUT2D eigenvalue weighted by molar-refractivity contribution is -0.120. The molecule has 7 nitrogen and oxygen atoms in total. The Morgan fingerprint density at radius 2 is 2.17 bits per heavy atom. The summed E-state index contributed by atoms with van der Waals surface area (Å²) in [6.45, 7) is 1.83. The maximum Gasteiger partial charge on any atom is 0.233 e. The average Bonchev–Trinajstić information content (AvgIpc) is 3.30. The van der Waals surface area contributed by atoms with E-state index in [1.165, 1.54) is 16.4 Å². The van der Waals surface area contributed by atoms with Crippen LogP contribution in [0.3, 0.4) is 0 Å². The highest BCUT2D eigenvalue weighted by atomic mass is 32.2. The molecule has 1 aromatic carbocycles. The fraction of sp³-hybridized carbons (Fsp3) is 0.400. The van der Waals surface area contributed by atoms with Gasteiger partial charge in [-0.2, -0.15) is 0 Å². The van der Waals surface area contributed by atoms with Crippen molar-refractivity contribution in [1.29, 1.82) is 0 Å². The fourth-order valence-corrected chi connectivity index (χ4v) is 2.91. The Labute approximate surface area is 138 Å². The molecule has 3 rings (SSSR count). The van der Waals surface area contributed by atoms with Gasteiger partial charge in [0.15, 0.2) is 5.82 Å². The largest absolute Gasteiger partial charge is 0.496 e. The Morgan fingerprint density at radius 3 is 2.87 bits per heavy atom. The first kappa shape index (κ1) is 15.7. The number of carbonyl (C=O) groups is 1. The first-order chi connectivity index (χ1) is 11.1. The molecule has 1 atom stereocenters. The van der Waals surface area contributed by atoms with Crippen molar-refractivity contribution in [3.05, 3.63) is 24.3 Å². The number of benzene rings is 1. The topological polar surface area (TPSA) is 95.1 Å². The summed E-state index contributed by atoms with van der Waals surface area (Å²) in [5.41, 5.74) is 0.756. The molecule has 0 radical (unpaired) electrons. The van der Waals surface area contributed by atoms with E-state index in [4.69, 9.17) is 10.6 Å². The highest BCUT2D eigenvalue weighted by molar-refractivity contribution is 8.00. The van der Waals surface area contributed by atoms with E-state index in [-0.39, 0.29) is 11.2 Å². The molecule has 1 amide bonds. The summed E-state index contributed by atoms with van der Waals surface area (Å²) in [5.74, 6) is 7.27. The summed E-state index contributed by atoms with van der Waals surface area (Å²) in [5, 5.41) is 11.4.